The number of nitrogens with one attached hydrogen (secondary N) is 4. The summed E-state index contributed by atoms with van der Waals surface area (Å²) in [5, 5.41) is 217. The number of rotatable bonds is 23. The predicted octanol–water partition coefficient (Wildman–Crippen LogP) is -15.7. The van der Waals surface area contributed by atoms with E-state index in [-0.39, 0.29) is 0 Å². The van der Waals surface area contributed by atoms with E-state index in [0.29, 0.717) is 0 Å². The molecule has 23 N–H and O–H groups in total. The number of carbonyl (C=O) groups excluding carboxylic acids is 4. The molecule has 7 fully saturated rings. The molecule has 35 atom stereocenters. The van der Waals surface area contributed by atoms with Crippen molar-refractivity contribution in [2.24, 2.45) is 0 Å². The van der Waals surface area contributed by atoms with Gasteiger partial charge in [0.25, 0.3) is 0 Å². The minimum Gasteiger partial charge on any atom is -0.394 e. The van der Waals surface area contributed by atoms with Crippen molar-refractivity contribution in [2.45, 2.75) is 242 Å². The lowest BCUT2D eigenvalue weighted by atomic mass is 9.93. The Hall–Kier alpha value is -3.40. The average Bonchev–Trinajstić information content (AvgIpc) is 0.794. The first-order chi connectivity index (χ1) is 42.6. The van der Waals surface area contributed by atoms with E-state index in [9.17, 15) is 116 Å². The van der Waals surface area contributed by atoms with E-state index in [0.717, 1.165) is 27.7 Å². The largest absolute Gasteiger partial charge is 0.394 e. The normalized spacial score (nSPS) is 47.6. The Morgan fingerprint density at radius 1 is 0.267 bits per heavy atom. The summed E-state index contributed by atoms with van der Waals surface area (Å²) in [7, 11) is 0. The van der Waals surface area contributed by atoms with Crippen LogP contribution in [0, 0.1) is 0 Å². The quantitative estimate of drug-likeness (QED) is 0.0452. The Kier molecular flexibility index (Phi) is 26.6. The van der Waals surface area contributed by atoms with Gasteiger partial charge in [-0.25, -0.2) is 0 Å². The fourth-order valence-electron chi connectivity index (χ4n) is 11.6. The van der Waals surface area contributed by atoms with Gasteiger partial charge in [0.1, 0.15) is 171 Å². The summed E-state index contributed by atoms with van der Waals surface area (Å²) in [5.41, 5.74) is 0. The first-order valence-corrected chi connectivity index (χ1v) is 28.6. The van der Waals surface area contributed by atoms with E-state index in [4.69, 9.17) is 61.6 Å². The van der Waals surface area contributed by atoms with E-state index >= 15 is 0 Å². The van der Waals surface area contributed by atoms with Crippen molar-refractivity contribution in [3.8, 4) is 0 Å². The SMILES string of the molecule is CC(=O)N[C@@H]1[C@@H](O)[C@H](O[C@@H]2O[C@H](CO)[C@@H](O[C@H]3O[C@H](CO)[C@@H](O[C@@H]4O[C@H](CO)[C@@H](O[C@@H]5O[C@H](CO)[C@H](O)[C@H](O)[C@H]5O)[C@H](O)[C@H]4NC(C)=O)[C@H](O)[C@@H]3O[C@@H]3O[C@H](CO)[C@@H](O[C@@H]4O[C@H](CO)[C@H](O)[C@H](O)[C@H]4O)[C@H](O)[C@H]3NC(C)=O)[C@H](O)[C@H]2NC(C)=O)[C@@H](CO)O[C@H]1O. The maximum atomic E-state index is 13.0. The highest BCUT2D eigenvalue weighted by atomic mass is 16.8. The molecule has 90 heavy (non-hydrogen) atoms. The Morgan fingerprint density at radius 2 is 0.500 bits per heavy atom. The van der Waals surface area contributed by atoms with Crippen LogP contribution < -0.4 is 21.3 Å². The third kappa shape index (κ3) is 16.3. The van der Waals surface area contributed by atoms with Crippen LogP contribution in [0.5, 0.6) is 0 Å². The maximum Gasteiger partial charge on any atom is 0.217 e. The molecule has 0 aromatic rings. The lowest BCUT2D eigenvalue weighted by molar-refractivity contribution is -0.399. The van der Waals surface area contributed by atoms with Gasteiger partial charge in [0, 0.05) is 27.7 Å². The number of hydrogen-bond donors (Lipinski definition) is 23. The summed E-state index contributed by atoms with van der Waals surface area (Å²) < 4.78 is 76.9. The molecule has 7 aliphatic heterocycles. The van der Waals surface area contributed by atoms with Gasteiger partial charge in [0.05, 0.1) is 46.2 Å². The summed E-state index contributed by atoms with van der Waals surface area (Å²) in [4.78, 5) is 50.7. The van der Waals surface area contributed by atoms with Gasteiger partial charge in [-0.05, 0) is 0 Å². The van der Waals surface area contributed by atoms with Crippen LogP contribution in [0.1, 0.15) is 27.7 Å². The van der Waals surface area contributed by atoms with Crippen molar-refractivity contribution < 1.29 is 178 Å². The van der Waals surface area contributed by atoms with Crippen molar-refractivity contribution in [3.63, 3.8) is 0 Å². The third-order valence-electron chi connectivity index (χ3n) is 16.2. The molecule has 4 amide bonds. The number of ether oxygens (including phenoxy) is 13. The molecule has 0 bridgehead atoms. The number of aliphatic hydroxyl groups is 19. The first kappa shape index (κ1) is 74.0. The molecule has 40 nitrogen and oxygen atoms in total. The summed E-state index contributed by atoms with van der Waals surface area (Å²) >= 11 is 0. The summed E-state index contributed by atoms with van der Waals surface area (Å²) in [5.74, 6) is -3.47. The van der Waals surface area contributed by atoms with Gasteiger partial charge in [-0.2, -0.15) is 0 Å². The van der Waals surface area contributed by atoms with Gasteiger partial charge in [0.15, 0.2) is 44.0 Å². The molecule has 0 aromatic heterocycles. The smallest absolute Gasteiger partial charge is 0.217 e. The van der Waals surface area contributed by atoms with Gasteiger partial charge in [-0.1, -0.05) is 0 Å². The van der Waals surface area contributed by atoms with Gasteiger partial charge in [-0.15, -0.1) is 0 Å². The topological polar surface area (TPSA) is 621 Å². The van der Waals surface area contributed by atoms with E-state index < -0.39 is 285 Å². The number of aliphatic hydroxyl groups excluding tert-OH is 19. The van der Waals surface area contributed by atoms with Gasteiger partial charge >= 0.3 is 0 Å². The number of amides is 4. The van der Waals surface area contributed by atoms with Gasteiger partial charge < -0.3 is 180 Å². The minimum absolute atomic E-state index is 0.751. The molecule has 0 aliphatic carbocycles. The van der Waals surface area contributed by atoms with Crippen molar-refractivity contribution in [2.75, 3.05) is 46.2 Å². The average molecular weight is 1320 g/mol. The standard InChI is InChI=1S/C50H84N4O36/c1-12(62)51-23-29(68)38(18(7-57)78-44(23)77)85-45-25(53-14(3)64)32(71)41(21(10-60)82-45)89-50-43(90-47-26(54-15(4)65)31(70)40(20(9-59)83-47)88-49-36(75)34(73)28(67)17(6-56)80-49)37(76)42(22(11-61)84-50)86-46-24(52-13(2)63)30(69)39(19(8-58)81-46)87-48-35(74)33(72)27(66)16(5-55)79-48/h16-50,55-61,66-77H,5-11H2,1-4H3,(H,51,62)(H,52,63)(H,53,64)(H,54,65)/t16-,17-,18-,19-,20-,21-,22-,23-,24-,25-,26-,27+,28+,29-,30-,31-,32-,33+,34+,35-,36-,37+,38-,39-,40-,41-,42-,43+,44-,45+,46+,47+,48+,49+,50-/m1/s1. The molecular formula is C50H84N4O36. The van der Waals surface area contributed by atoms with Crippen molar-refractivity contribution in [1.82, 2.24) is 21.3 Å². The highest BCUT2D eigenvalue weighted by molar-refractivity contribution is 5.74. The first-order valence-electron chi connectivity index (χ1n) is 28.6. The molecule has 7 rings (SSSR count). The van der Waals surface area contributed by atoms with Crippen LogP contribution in [-0.4, -0.2) is 382 Å². The van der Waals surface area contributed by atoms with Crippen LogP contribution in [0.15, 0.2) is 0 Å². The molecule has 0 radical (unpaired) electrons. The molecule has 0 unspecified atom stereocenters. The van der Waals surface area contributed by atoms with Crippen LogP contribution in [0.25, 0.3) is 0 Å². The van der Waals surface area contributed by atoms with E-state index in [1.807, 2.05) is 0 Å². The molecule has 7 aliphatic rings. The summed E-state index contributed by atoms with van der Waals surface area (Å²) in [6.07, 6.45) is -61.0. The fourth-order valence-corrected chi connectivity index (χ4v) is 11.6. The second-order valence-electron chi connectivity index (χ2n) is 22.5. The highest BCUT2D eigenvalue weighted by Crippen LogP contribution is 2.39. The Balaban J connectivity index is 1.25. The van der Waals surface area contributed by atoms with Crippen LogP contribution in [0.2, 0.25) is 0 Å². The van der Waals surface area contributed by atoms with Crippen LogP contribution in [-0.2, 0) is 80.8 Å². The Bertz CT molecular complexity index is 2310. The molecule has 40 heteroatoms. The second-order valence-corrected chi connectivity index (χ2v) is 22.5. The third-order valence-corrected chi connectivity index (χ3v) is 16.2. The lowest BCUT2D eigenvalue weighted by Gasteiger charge is -2.52. The molecule has 0 aromatic carbocycles. The van der Waals surface area contributed by atoms with Crippen LogP contribution in [0.3, 0.4) is 0 Å². The van der Waals surface area contributed by atoms with Crippen molar-refractivity contribution in [3.05, 3.63) is 0 Å². The zero-order valence-electron chi connectivity index (χ0n) is 48.6. The maximum absolute atomic E-state index is 13.0. The highest BCUT2D eigenvalue weighted by Gasteiger charge is 2.60. The molecular weight excluding hydrogens is 1230 g/mol. The Labute approximate surface area is 510 Å². The zero-order valence-corrected chi connectivity index (χ0v) is 48.6. The molecule has 520 valence electrons. The fraction of sp³-hybridized carbons (Fsp3) is 0.920. The molecule has 7 saturated heterocycles. The molecule has 7 heterocycles. The van der Waals surface area contributed by atoms with Gasteiger partial charge in [0.2, 0.25) is 23.6 Å². The van der Waals surface area contributed by atoms with E-state index in [1.54, 1.807) is 0 Å². The van der Waals surface area contributed by atoms with Crippen molar-refractivity contribution >= 4 is 23.6 Å². The zero-order chi connectivity index (χ0) is 66.5. The molecule has 0 saturated carbocycles. The van der Waals surface area contributed by atoms with Crippen LogP contribution >= 0.6 is 0 Å². The summed E-state index contributed by atoms with van der Waals surface area (Å²) in [6.45, 7) is -3.35. The molecule has 0 spiro atoms. The summed E-state index contributed by atoms with van der Waals surface area (Å²) in [6, 6.07) is -7.23. The van der Waals surface area contributed by atoms with Crippen molar-refractivity contribution in [1.29, 1.82) is 0 Å². The lowest BCUT2D eigenvalue weighted by Crippen LogP contribution is -2.72. The minimum atomic E-state index is -2.41. The second kappa shape index (κ2) is 32.4. The predicted molar refractivity (Wildman–Crippen MR) is 278 cm³/mol. The van der Waals surface area contributed by atoms with Gasteiger partial charge in [-0.3, -0.25) is 19.2 Å². The monoisotopic (exact) mass is 1320 g/mol. The van der Waals surface area contributed by atoms with E-state index in [2.05, 4.69) is 21.3 Å². The van der Waals surface area contributed by atoms with E-state index in [1.165, 1.54) is 0 Å². The Morgan fingerprint density at radius 3 is 0.811 bits per heavy atom. The number of hydrogen-bond acceptors (Lipinski definition) is 36. The van der Waals surface area contributed by atoms with Crippen LogP contribution in [0.4, 0.5) is 0 Å². The number of carbonyl (C=O) groups is 4.